The minimum Gasteiger partial charge on any atom is -0.452 e. The molecule has 1 aliphatic rings. The van der Waals surface area contributed by atoms with E-state index in [4.69, 9.17) is 39.5 Å². The predicted molar refractivity (Wildman–Crippen MR) is 165 cm³/mol. The number of benzene rings is 2. The summed E-state index contributed by atoms with van der Waals surface area (Å²) in [6, 6.07) is 11.1. The molecule has 1 aromatic heterocycles. The third kappa shape index (κ3) is 7.92. The van der Waals surface area contributed by atoms with E-state index in [0.717, 1.165) is 16.8 Å². The van der Waals surface area contributed by atoms with Crippen molar-refractivity contribution in [2.75, 3.05) is 44.6 Å². The summed E-state index contributed by atoms with van der Waals surface area (Å²) < 4.78 is 6.72. The Bertz CT molecular complexity index is 1470. The number of anilines is 1. The maximum Gasteiger partial charge on any atom is 0.331 e. The van der Waals surface area contributed by atoms with Crippen LogP contribution >= 0.6 is 34.8 Å². The van der Waals surface area contributed by atoms with E-state index in [1.807, 2.05) is 36.9 Å². The van der Waals surface area contributed by atoms with Crippen LogP contribution in [0.1, 0.15) is 27.9 Å². The molecule has 1 fully saturated rings. The first-order valence-electron chi connectivity index (χ1n) is 13.4. The second kappa shape index (κ2) is 14.2. The Morgan fingerprint density at radius 1 is 0.952 bits per heavy atom. The highest BCUT2D eigenvalue weighted by atomic mass is 35.5. The van der Waals surface area contributed by atoms with E-state index in [0.29, 0.717) is 58.2 Å². The minimum atomic E-state index is -0.678. The fourth-order valence-corrected chi connectivity index (χ4v) is 5.48. The van der Waals surface area contributed by atoms with Crippen LogP contribution in [-0.2, 0) is 25.7 Å². The molecule has 2 heterocycles. The SMILES string of the molecule is Cc1cccc(C)c1NC(=O)CN1CCN(C(=O)COC(=O)/C=C/c2c(C)nn(Cc3c(Cl)cccc3Cl)c2Cl)CC1. The summed E-state index contributed by atoms with van der Waals surface area (Å²) in [5.74, 6) is -1.07. The molecule has 12 heteroatoms. The zero-order chi connectivity index (χ0) is 30.4. The van der Waals surface area contributed by atoms with Crippen molar-refractivity contribution in [3.8, 4) is 0 Å². The average Bonchev–Trinajstić information content (AvgIpc) is 3.22. The molecule has 3 aromatic rings. The number of esters is 1. The van der Waals surface area contributed by atoms with Crippen molar-refractivity contribution >= 4 is 64.3 Å². The number of halogens is 3. The molecule has 1 N–H and O–H groups in total. The average molecular weight is 633 g/mol. The lowest BCUT2D eigenvalue weighted by atomic mass is 10.1. The highest BCUT2D eigenvalue weighted by molar-refractivity contribution is 6.36. The normalized spacial score (nSPS) is 13.9. The summed E-state index contributed by atoms with van der Waals surface area (Å²) in [5, 5.41) is 8.72. The van der Waals surface area contributed by atoms with E-state index in [2.05, 4.69) is 10.4 Å². The summed E-state index contributed by atoms with van der Waals surface area (Å²) in [6.07, 6.45) is 2.72. The number of carbonyl (C=O) groups is 3. The first-order valence-corrected chi connectivity index (χ1v) is 14.5. The molecular formula is C30H32Cl3N5O4. The lowest BCUT2D eigenvalue weighted by molar-refractivity contribution is -0.149. The molecule has 1 saturated heterocycles. The molecule has 2 aromatic carbocycles. The zero-order valence-electron chi connectivity index (χ0n) is 23.6. The molecule has 9 nitrogen and oxygen atoms in total. The van der Waals surface area contributed by atoms with Crippen LogP contribution in [0.15, 0.2) is 42.5 Å². The fourth-order valence-electron chi connectivity index (χ4n) is 4.67. The largest absolute Gasteiger partial charge is 0.452 e. The Morgan fingerprint density at radius 2 is 1.57 bits per heavy atom. The molecule has 0 saturated carbocycles. The van der Waals surface area contributed by atoms with E-state index < -0.39 is 5.97 Å². The molecule has 0 unspecified atom stereocenters. The van der Waals surface area contributed by atoms with Crippen LogP contribution in [0.25, 0.3) is 6.08 Å². The molecule has 4 rings (SSSR count). The number of rotatable bonds is 9. The van der Waals surface area contributed by atoms with Crippen LogP contribution in [0.2, 0.25) is 15.2 Å². The second-order valence-corrected chi connectivity index (χ2v) is 11.2. The van der Waals surface area contributed by atoms with Gasteiger partial charge in [-0.1, -0.05) is 59.1 Å². The van der Waals surface area contributed by atoms with Crippen molar-refractivity contribution in [3.05, 3.63) is 85.6 Å². The first-order chi connectivity index (χ1) is 20.0. The molecule has 0 spiro atoms. The van der Waals surface area contributed by atoms with E-state index in [1.54, 1.807) is 34.7 Å². The van der Waals surface area contributed by atoms with Gasteiger partial charge in [-0.3, -0.25) is 14.5 Å². The van der Waals surface area contributed by atoms with Crippen molar-refractivity contribution in [1.82, 2.24) is 19.6 Å². The van der Waals surface area contributed by atoms with Crippen LogP contribution in [-0.4, -0.2) is 76.7 Å². The van der Waals surface area contributed by atoms with E-state index in [-0.39, 0.29) is 31.5 Å². The maximum absolute atomic E-state index is 12.6. The quantitative estimate of drug-likeness (QED) is 0.259. The van der Waals surface area contributed by atoms with Crippen molar-refractivity contribution in [1.29, 1.82) is 0 Å². The molecule has 0 atom stereocenters. The molecule has 1 aliphatic heterocycles. The first kappa shape index (κ1) is 31.6. The Hall–Kier alpha value is -3.37. The van der Waals surface area contributed by atoms with Gasteiger partial charge >= 0.3 is 5.97 Å². The molecule has 42 heavy (non-hydrogen) atoms. The number of nitrogens with one attached hydrogen (secondary N) is 1. The van der Waals surface area contributed by atoms with Gasteiger partial charge in [0.25, 0.3) is 5.91 Å². The van der Waals surface area contributed by atoms with Crippen molar-refractivity contribution in [2.24, 2.45) is 0 Å². The number of hydrogen-bond donors (Lipinski definition) is 1. The standard InChI is InChI=1S/C30H32Cl3N5O4/c1-19-6-4-7-20(2)29(19)34-26(39)17-36-12-14-37(15-13-36)27(40)18-42-28(41)11-10-22-21(3)35-38(30(22)33)16-23-24(31)8-5-9-25(23)32/h4-11H,12-18H2,1-3H3,(H,34,39)/b11-10+. The van der Waals surface area contributed by atoms with Gasteiger partial charge in [-0.05, 0) is 50.1 Å². The van der Waals surface area contributed by atoms with Gasteiger partial charge in [0.1, 0.15) is 5.15 Å². The van der Waals surface area contributed by atoms with Gasteiger partial charge in [0.05, 0.1) is 18.8 Å². The molecule has 2 amide bonds. The van der Waals surface area contributed by atoms with Crippen LogP contribution < -0.4 is 5.32 Å². The van der Waals surface area contributed by atoms with Gasteiger partial charge in [-0.2, -0.15) is 5.10 Å². The third-order valence-corrected chi connectivity index (χ3v) is 8.15. The van der Waals surface area contributed by atoms with Gasteiger partial charge in [0.15, 0.2) is 6.61 Å². The molecule has 0 radical (unpaired) electrons. The second-order valence-electron chi connectivity index (χ2n) is 10.1. The number of nitrogens with zero attached hydrogens (tertiary/aromatic N) is 4. The predicted octanol–water partition coefficient (Wildman–Crippen LogP) is 5.16. The summed E-state index contributed by atoms with van der Waals surface area (Å²) >= 11 is 19.1. The van der Waals surface area contributed by atoms with Gasteiger partial charge in [0.2, 0.25) is 5.91 Å². The maximum atomic E-state index is 12.6. The van der Waals surface area contributed by atoms with Gasteiger partial charge in [-0.25, -0.2) is 9.48 Å². The third-order valence-electron chi connectivity index (χ3n) is 7.04. The van der Waals surface area contributed by atoms with E-state index >= 15 is 0 Å². The van der Waals surface area contributed by atoms with Gasteiger partial charge in [-0.15, -0.1) is 0 Å². The van der Waals surface area contributed by atoms with Gasteiger partial charge < -0.3 is 15.0 Å². The monoisotopic (exact) mass is 631 g/mol. The Balaban J connectivity index is 1.23. The molecule has 222 valence electrons. The number of amides is 2. The number of aryl methyl sites for hydroxylation is 3. The van der Waals surface area contributed by atoms with E-state index in [9.17, 15) is 14.4 Å². The highest BCUT2D eigenvalue weighted by Gasteiger charge is 2.23. The van der Waals surface area contributed by atoms with E-state index in [1.165, 1.54) is 12.2 Å². The zero-order valence-corrected chi connectivity index (χ0v) is 25.9. The summed E-state index contributed by atoms with van der Waals surface area (Å²) in [7, 11) is 0. The van der Waals surface area contributed by atoms with Crippen molar-refractivity contribution in [3.63, 3.8) is 0 Å². The van der Waals surface area contributed by atoms with Crippen LogP contribution in [0.3, 0.4) is 0 Å². The summed E-state index contributed by atoms with van der Waals surface area (Å²) in [5.41, 5.74) is 4.68. The number of hydrogen-bond acceptors (Lipinski definition) is 6. The number of para-hydroxylation sites is 1. The lowest BCUT2D eigenvalue weighted by Crippen LogP contribution is -2.51. The number of carbonyl (C=O) groups excluding carboxylic acids is 3. The van der Waals surface area contributed by atoms with Gasteiger partial charge in [0, 0.05) is 59.1 Å². The number of piperazine rings is 1. The summed E-state index contributed by atoms with van der Waals surface area (Å²) in [6.45, 7) is 7.75. The smallest absolute Gasteiger partial charge is 0.331 e. The van der Waals surface area contributed by atoms with Crippen molar-refractivity contribution in [2.45, 2.75) is 27.3 Å². The van der Waals surface area contributed by atoms with Crippen LogP contribution in [0.5, 0.6) is 0 Å². The molecular weight excluding hydrogens is 601 g/mol. The fraction of sp³-hybridized carbons (Fsp3) is 0.333. The molecule has 0 bridgehead atoms. The number of ether oxygens (including phenoxy) is 1. The Morgan fingerprint density at radius 3 is 2.21 bits per heavy atom. The van der Waals surface area contributed by atoms with Crippen LogP contribution in [0, 0.1) is 20.8 Å². The minimum absolute atomic E-state index is 0.0959. The molecule has 0 aliphatic carbocycles. The van der Waals surface area contributed by atoms with Crippen LogP contribution in [0.4, 0.5) is 5.69 Å². The van der Waals surface area contributed by atoms with Crippen molar-refractivity contribution < 1.29 is 19.1 Å². The topological polar surface area (TPSA) is 96.8 Å². The highest BCUT2D eigenvalue weighted by Crippen LogP contribution is 2.28. The lowest BCUT2D eigenvalue weighted by Gasteiger charge is -2.34. The summed E-state index contributed by atoms with van der Waals surface area (Å²) in [4.78, 5) is 41.2. The Kier molecular flexibility index (Phi) is 10.7. The number of aromatic nitrogens is 2. The Labute approximate surface area is 260 Å².